The highest BCUT2D eigenvalue weighted by Gasteiger charge is 2.70. The lowest BCUT2D eigenvalue weighted by molar-refractivity contribution is -0.176. The molecule has 1 saturated carbocycles. The molecule has 6 atom stereocenters. The first kappa shape index (κ1) is 30.4. The summed E-state index contributed by atoms with van der Waals surface area (Å²) >= 11 is 0. The number of fused-ring (bicyclic) bond motifs is 1. The van der Waals surface area contributed by atoms with Crippen molar-refractivity contribution >= 4 is 35.3 Å². The Morgan fingerprint density at radius 1 is 1.10 bits per heavy atom. The molecule has 2 heterocycles. The molecule has 0 spiro atoms. The van der Waals surface area contributed by atoms with E-state index in [-0.39, 0.29) is 36.1 Å². The molecule has 5 amide bonds. The van der Waals surface area contributed by atoms with E-state index in [0.29, 0.717) is 13.0 Å². The van der Waals surface area contributed by atoms with E-state index in [1.165, 1.54) is 27.8 Å². The van der Waals surface area contributed by atoms with E-state index < -0.39 is 65.0 Å². The number of nitrogens with zero attached hydrogens (tertiary/aromatic N) is 1. The molecule has 0 aromatic heterocycles. The van der Waals surface area contributed by atoms with E-state index in [1.54, 1.807) is 5.32 Å². The molecular weight excluding hydrogens is 523 g/mol. The van der Waals surface area contributed by atoms with Crippen molar-refractivity contribution in [2.24, 2.45) is 28.6 Å². The van der Waals surface area contributed by atoms with Crippen LogP contribution in [0, 0.1) is 28.6 Å². The Bertz CT molecular complexity index is 1070. The summed E-state index contributed by atoms with van der Waals surface area (Å²) in [6.07, 6.45) is -4.94. The van der Waals surface area contributed by atoms with Crippen LogP contribution in [0.25, 0.3) is 0 Å². The first-order chi connectivity index (χ1) is 17.8. The largest absolute Gasteiger partial charge is 0.471 e. The summed E-state index contributed by atoms with van der Waals surface area (Å²) in [5.41, 5.74) is -1.49. The number of carbonyl (C=O) groups is 6. The van der Waals surface area contributed by atoms with Crippen LogP contribution in [-0.2, 0) is 28.8 Å². The van der Waals surface area contributed by atoms with E-state index in [9.17, 15) is 41.9 Å². The number of carbonyl (C=O) groups excluding carboxylic acids is 6. The minimum Gasteiger partial charge on any atom is -0.356 e. The molecule has 1 unspecified atom stereocenters. The minimum atomic E-state index is -5.21. The molecule has 14 heteroatoms. The van der Waals surface area contributed by atoms with Crippen molar-refractivity contribution in [3.8, 4) is 0 Å². The van der Waals surface area contributed by atoms with Gasteiger partial charge in [0.25, 0.3) is 5.91 Å². The topological polar surface area (TPSA) is 154 Å². The fourth-order valence-electron chi connectivity index (χ4n) is 5.77. The van der Waals surface area contributed by atoms with Crippen LogP contribution in [0.5, 0.6) is 0 Å². The van der Waals surface area contributed by atoms with Gasteiger partial charge in [-0.25, -0.2) is 0 Å². The molecule has 1 aliphatic carbocycles. The van der Waals surface area contributed by atoms with Gasteiger partial charge < -0.3 is 26.2 Å². The van der Waals surface area contributed by atoms with Crippen molar-refractivity contribution in [1.29, 1.82) is 0 Å². The normalized spacial score (nSPS) is 27.1. The number of likely N-dealkylation sites (N-methyl/N-ethyl adjacent to an activating group) is 1. The number of ketones is 1. The Morgan fingerprint density at radius 2 is 1.72 bits per heavy atom. The van der Waals surface area contributed by atoms with Gasteiger partial charge in [-0.05, 0) is 35.5 Å². The molecule has 3 fully saturated rings. The summed E-state index contributed by atoms with van der Waals surface area (Å²) < 4.78 is 39.1. The maximum Gasteiger partial charge on any atom is 0.471 e. The quantitative estimate of drug-likeness (QED) is 0.305. The number of likely N-dealkylation sites (tertiary alicyclic amines) is 1. The molecule has 0 aromatic carbocycles. The first-order valence-electron chi connectivity index (χ1n) is 12.8. The van der Waals surface area contributed by atoms with Gasteiger partial charge in [0.15, 0.2) is 0 Å². The highest BCUT2D eigenvalue weighted by Crippen LogP contribution is 2.65. The van der Waals surface area contributed by atoms with E-state index in [1.807, 2.05) is 13.8 Å². The zero-order chi connectivity index (χ0) is 29.7. The third kappa shape index (κ3) is 6.03. The summed E-state index contributed by atoms with van der Waals surface area (Å²) in [5.74, 6) is -7.22. The minimum absolute atomic E-state index is 0.0716. The summed E-state index contributed by atoms with van der Waals surface area (Å²) in [6, 6.07) is -4.09. The van der Waals surface area contributed by atoms with Crippen molar-refractivity contribution in [3.05, 3.63) is 0 Å². The molecule has 0 aromatic rings. The van der Waals surface area contributed by atoms with Crippen LogP contribution < -0.4 is 21.3 Å². The van der Waals surface area contributed by atoms with E-state index >= 15 is 0 Å². The fourth-order valence-corrected chi connectivity index (χ4v) is 5.77. The Balaban J connectivity index is 1.89. The Labute approximate surface area is 224 Å². The smallest absolute Gasteiger partial charge is 0.356 e. The summed E-state index contributed by atoms with van der Waals surface area (Å²) in [7, 11) is 1.25. The number of Topliss-reactive ketones (excluding diaryl/α,β-unsaturated/α-hetero) is 1. The van der Waals surface area contributed by atoms with Crippen LogP contribution in [0.4, 0.5) is 13.2 Å². The number of halogens is 3. The number of alkyl halides is 3. The monoisotopic (exact) mass is 559 g/mol. The molecule has 3 rings (SSSR count). The van der Waals surface area contributed by atoms with Crippen LogP contribution in [0.15, 0.2) is 0 Å². The summed E-state index contributed by atoms with van der Waals surface area (Å²) in [5, 5.41) is 9.17. The van der Waals surface area contributed by atoms with Gasteiger partial charge in [-0.15, -0.1) is 0 Å². The molecule has 2 saturated heterocycles. The Hall–Kier alpha value is -3.19. The Morgan fingerprint density at radius 3 is 2.21 bits per heavy atom. The molecule has 11 nitrogen and oxygen atoms in total. The fraction of sp³-hybridized carbons (Fsp3) is 0.760. The number of hydrogen-bond acceptors (Lipinski definition) is 6. The Kier molecular flexibility index (Phi) is 8.11. The van der Waals surface area contributed by atoms with Gasteiger partial charge in [0.1, 0.15) is 12.1 Å². The van der Waals surface area contributed by atoms with Gasteiger partial charge in [-0.3, -0.25) is 28.8 Å². The van der Waals surface area contributed by atoms with Crippen LogP contribution in [0.1, 0.15) is 47.5 Å². The SMILES string of the molecule is CNC(=O)C(=O)C(C[C@@H]1CCNC1=O)NC(=O)[C@@H]1[C@@H]2[C@H](CN1C(=O)[C@@H](NC(=O)C(F)(F)F)C(C)(C)C)C2(C)C. The van der Waals surface area contributed by atoms with Crippen molar-refractivity contribution in [1.82, 2.24) is 26.2 Å². The molecule has 2 aliphatic heterocycles. The van der Waals surface area contributed by atoms with E-state index in [0.717, 1.165) is 4.90 Å². The van der Waals surface area contributed by atoms with E-state index in [2.05, 4.69) is 16.0 Å². The number of nitrogens with one attached hydrogen (secondary N) is 4. The highest BCUT2D eigenvalue weighted by molar-refractivity contribution is 6.38. The highest BCUT2D eigenvalue weighted by atomic mass is 19.4. The standard InChI is InChI=1S/C25H36F3N5O6/c1-23(2,3)17(32-22(39)25(26,27)28)21(38)33-10-12-14(24(12,4)5)15(33)19(36)31-13(16(34)20(37)29-6)9-11-7-8-30-18(11)35/h11-15,17H,7-10H2,1-6H3,(H,29,37)(H,30,35)(H,31,36)(H,32,39)/t11-,12-,13?,14-,15-,17+/m0/s1. The van der Waals surface area contributed by atoms with Crippen LogP contribution in [0.3, 0.4) is 0 Å². The van der Waals surface area contributed by atoms with Crippen molar-refractivity contribution in [2.75, 3.05) is 20.1 Å². The number of amides is 5. The zero-order valence-electron chi connectivity index (χ0n) is 22.8. The molecule has 3 aliphatic rings. The molecule has 0 radical (unpaired) electrons. The lowest BCUT2D eigenvalue weighted by Crippen LogP contribution is -2.61. The van der Waals surface area contributed by atoms with Crippen LogP contribution in [0.2, 0.25) is 0 Å². The third-order valence-corrected chi connectivity index (χ3v) is 8.17. The van der Waals surface area contributed by atoms with Gasteiger partial charge in [-0.2, -0.15) is 13.2 Å². The molecule has 4 N–H and O–H groups in total. The zero-order valence-corrected chi connectivity index (χ0v) is 22.8. The van der Waals surface area contributed by atoms with Gasteiger partial charge in [0.2, 0.25) is 23.5 Å². The molecule has 39 heavy (non-hydrogen) atoms. The number of hydrogen-bond donors (Lipinski definition) is 4. The third-order valence-electron chi connectivity index (χ3n) is 8.17. The number of rotatable bonds is 8. The lowest BCUT2D eigenvalue weighted by Gasteiger charge is -2.38. The first-order valence-corrected chi connectivity index (χ1v) is 12.8. The predicted octanol–water partition coefficient (Wildman–Crippen LogP) is -0.111. The average molecular weight is 560 g/mol. The lowest BCUT2D eigenvalue weighted by atomic mass is 9.85. The van der Waals surface area contributed by atoms with E-state index in [4.69, 9.17) is 0 Å². The second kappa shape index (κ2) is 10.4. The summed E-state index contributed by atoms with van der Waals surface area (Å²) in [6.45, 7) is 8.73. The van der Waals surface area contributed by atoms with Gasteiger partial charge in [0, 0.05) is 26.1 Å². The maximum absolute atomic E-state index is 13.7. The molecule has 0 bridgehead atoms. The summed E-state index contributed by atoms with van der Waals surface area (Å²) in [4.78, 5) is 77.3. The second-order valence-corrected chi connectivity index (χ2v) is 12.2. The van der Waals surface area contributed by atoms with Crippen LogP contribution >= 0.6 is 0 Å². The van der Waals surface area contributed by atoms with Crippen LogP contribution in [-0.4, -0.2) is 84.7 Å². The maximum atomic E-state index is 13.7. The predicted molar refractivity (Wildman–Crippen MR) is 130 cm³/mol. The van der Waals surface area contributed by atoms with Gasteiger partial charge in [0.05, 0.1) is 6.04 Å². The van der Waals surface area contributed by atoms with Crippen molar-refractivity contribution < 1.29 is 41.9 Å². The van der Waals surface area contributed by atoms with Crippen molar-refractivity contribution in [2.45, 2.75) is 71.8 Å². The van der Waals surface area contributed by atoms with Gasteiger partial charge >= 0.3 is 12.1 Å². The van der Waals surface area contributed by atoms with Gasteiger partial charge in [-0.1, -0.05) is 34.6 Å². The number of piperidine rings is 1. The molecule has 218 valence electrons. The van der Waals surface area contributed by atoms with Crippen molar-refractivity contribution in [3.63, 3.8) is 0 Å². The second-order valence-electron chi connectivity index (χ2n) is 12.2. The average Bonchev–Trinajstić information content (AvgIpc) is 3.18. The molecular formula is C25H36F3N5O6.